The number of hydrogen-bond acceptors (Lipinski definition) is 3. The van der Waals surface area contributed by atoms with Crippen LogP contribution in [0.15, 0.2) is 71.6 Å². The molecule has 1 heterocycles. The number of anilines is 1. The van der Waals surface area contributed by atoms with E-state index in [0.29, 0.717) is 24.3 Å². The summed E-state index contributed by atoms with van der Waals surface area (Å²) in [4.78, 5) is 14.8. The summed E-state index contributed by atoms with van der Waals surface area (Å²) in [5.41, 5.74) is 3.10. The zero-order valence-corrected chi connectivity index (χ0v) is 18.1. The van der Waals surface area contributed by atoms with Gasteiger partial charge in [0.15, 0.2) is 0 Å². The molecule has 0 unspecified atom stereocenters. The van der Waals surface area contributed by atoms with Crippen LogP contribution in [0.1, 0.15) is 21.5 Å². The summed E-state index contributed by atoms with van der Waals surface area (Å²) < 4.78 is 27.8. The lowest BCUT2D eigenvalue weighted by Crippen LogP contribution is -2.35. The smallest absolute Gasteiger partial charge is 0.261 e. The molecule has 0 aromatic heterocycles. The average molecular weight is 461 g/mol. The van der Waals surface area contributed by atoms with Crippen molar-refractivity contribution in [3.8, 4) is 0 Å². The van der Waals surface area contributed by atoms with E-state index >= 15 is 0 Å². The highest BCUT2D eigenvalue weighted by Crippen LogP contribution is 2.27. The van der Waals surface area contributed by atoms with Gasteiger partial charge in [0.05, 0.1) is 14.9 Å². The molecule has 1 aliphatic heterocycles. The van der Waals surface area contributed by atoms with Gasteiger partial charge in [0.1, 0.15) is 0 Å². The van der Waals surface area contributed by atoms with Crippen molar-refractivity contribution in [1.82, 2.24) is 4.90 Å². The zero-order chi connectivity index (χ0) is 21.3. The number of amides is 1. The van der Waals surface area contributed by atoms with Crippen LogP contribution in [0.3, 0.4) is 0 Å². The highest BCUT2D eigenvalue weighted by Gasteiger charge is 2.22. The minimum atomic E-state index is -3.88. The van der Waals surface area contributed by atoms with Crippen molar-refractivity contribution in [3.05, 3.63) is 93.5 Å². The highest BCUT2D eigenvalue weighted by atomic mass is 35.5. The molecule has 0 radical (unpaired) electrons. The lowest BCUT2D eigenvalue weighted by Gasteiger charge is -2.29. The van der Waals surface area contributed by atoms with E-state index in [1.807, 2.05) is 18.2 Å². The van der Waals surface area contributed by atoms with Gasteiger partial charge in [-0.3, -0.25) is 9.52 Å². The Morgan fingerprint density at radius 2 is 1.67 bits per heavy atom. The second-order valence-corrected chi connectivity index (χ2v) is 9.50. The van der Waals surface area contributed by atoms with Crippen molar-refractivity contribution >= 4 is 44.8 Å². The second kappa shape index (κ2) is 8.30. The second-order valence-electron chi connectivity index (χ2n) is 7.01. The molecule has 1 N–H and O–H groups in total. The summed E-state index contributed by atoms with van der Waals surface area (Å²) in [6, 6.07) is 18.6. The first-order valence-corrected chi connectivity index (χ1v) is 11.5. The maximum atomic E-state index is 13.0. The predicted molar refractivity (Wildman–Crippen MR) is 119 cm³/mol. The Kier molecular flexibility index (Phi) is 5.73. The van der Waals surface area contributed by atoms with E-state index in [9.17, 15) is 13.2 Å². The summed E-state index contributed by atoms with van der Waals surface area (Å²) in [6.07, 6.45) is 0.797. The van der Waals surface area contributed by atoms with Crippen molar-refractivity contribution < 1.29 is 13.2 Å². The zero-order valence-electron chi connectivity index (χ0n) is 15.8. The number of nitrogens with zero attached hydrogens (tertiary/aromatic N) is 1. The van der Waals surface area contributed by atoms with Gasteiger partial charge in [0, 0.05) is 24.3 Å². The van der Waals surface area contributed by atoms with E-state index in [1.165, 1.54) is 29.8 Å². The number of benzene rings is 3. The summed E-state index contributed by atoms with van der Waals surface area (Å²) in [5, 5.41) is 0.417. The molecule has 3 aromatic rings. The molecule has 4 rings (SSSR count). The van der Waals surface area contributed by atoms with Gasteiger partial charge in [-0.05, 0) is 53.9 Å². The number of halogens is 2. The minimum absolute atomic E-state index is 0.0127. The molecule has 8 heteroatoms. The molecule has 5 nitrogen and oxygen atoms in total. The summed E-state index contributed by atoms with van der Waals surface area (Å²) in [5.74, 6) is -0.139. The van der Waals surface area contributed by atoms with Gasteiger partial charge < -0.3 is 4.90 Å². The molecule has 3 aromatic carbocycles. The molecule has 0 saturated heterocycles. The van der Waals surface area contributed by atoms with Crippen LogP contribution >= 0.6 is 23.2 Å². The monoisotopic (exact) mass is 460 g/mol. The lowest BCUT2D eigenvalue weighted by atomic mass is 9.99. The summed E-state index contributed by atoms with van der Waals surface area (Å²) >= 11 is 11.8. The maximum Gasteiger partial charge on any atom is 0.261 e. The summed E-state index contributed by atoms with van der Waals surface area (Å²) in [6.45, 7) is 1.16. The van der Waals surface area contributed by atoms with E-state index in [-0.39, 0.29) is 20.8 Å². The fourth-order valence-corrected chi connectivity index (χ4v) is 4.86. The first-order chi connectivity index (χ1) is 14.3. The van der Waals surface area contributed by atoms with Gasteiger partial charge in [-0.15, -0.1) is 0 Å². The van der Waals surface area contributed by atoms with Crippen molar-refractivity contribution in [2.24, 2.45) is 0 Å². The first-order valence-electron chi connectivity index (χ1n) is 9.27. The SMILES string of the molecule is O=C(c1cccc(NS(=O)(=O)c2ccc(Cl)c(Cl)c2)c1)N1CCc2ccccc2C1. The highest BCUT2D eigenvalue weighted by molar-refractivity contribution is 7.92. The number of fused-ring (bicyclic) bond motifs is 1. The molecule has 0 bridgehead atoms. The van der Waals surface area contributed by atoms with Gasteiger partial charge >= 0.3 is 0 Å². The van der Waals surface area contributed by atoms with Crippen LogP contribution in [0.25, 0.3) is 0 Å². The Balaban J connectivity index is 1.54. The van der Waals surface area contributed by atoms with Gasteiger partial charge in [0.25, 0.3) is 15.9 Å². The van der Waals surface area contributed by atoms with E-state index < -0.39 is 10.0 Å². The van der Waals surface area contributed by atoms with Crippen LogP contribution in [0.5, 0.6) is 0 Å². The molecular weight excluding hydrogens is 443 g/mol. The molecular formula is C22H18Cl2N2O3S. The Morgan fingerprint density at radius 3 is 2.43 bits per heavy atom. The quantitative estimate of drug-likeness (QED) is 0.595. The molecule has 0 spiro atoms. The molecule has 0 aliphatic carbocycles. The third-order valence-corrected chi connectivity index (χ3v) is 7.10. The number of carbonyl (C=O) groups excluding carboxylic acids is 1. The van der Waals surface area contributed by atoms with E-state index in [1.54, 1.807) is 23.1 Å². The summed E-state index contributed by atoms with van der Waals surface area (Å²) in [7, 11) is -3.88. The molecule has 30 heavy (non-hydrogen) atoms. The Hall–Kier alpha value is -2.54. The molecule has 1 amide bonds. The standard InChI is InChI=1S/C22H18Cl2N2O3S/c23-20-9-8-19(13-21(20)24)30(28,29)25-18-7-3-6-16(12-18)22(27)26-11-10-15-4-1-2-5-17(15)14-26/h1-9,12-13,25H,10-11,14H2. The van der Waals surface area contributed by atoms with Crippen LogP contribution in [0, 0.1) is 0 Å². The third-order valence-electron chi connectivity index (χ3n) is 4.98. The van der Waals surface area contributed by atoms with Crippen LogP contribution in [0.2, 0.25) is 10.0 Å². The van der Waals surface area contributed by atoms with Crippen molar-refractivity contribution in [2.45, 2.75) is 17.9 Å². The molecule has 0 saturated carbocycles. The molecule has 0 atom stereocenters. The van der Waals surface area contributed by atoms with Crippen LogP contribution in [-0.4, -0.2) is 25.8 Å². The molecule has 154 valence electrons. The number of nitrogens with one attached hydrogen (secondary N) is 1. The van der Waals surface area contributed by atoms with Gasteiger partial charge in [-0.1, -0.05) is 53.5 Å². The van der Waals surface area contributed by atoms with E-state index in [2.05, 4.69) is 10.8 Å². The Labute approximate surface area is 185 Å². The molecule has 0 fully saturated rings. The van der Waals surface area contributed by atoms with Crippen molar-refractivity contribution in [3.63, 3.8) is 0 Å². The number of carbonyl (C=O) groups is 1. The molecule has 1 aliphatic rings. The van der Waals surface area contributed by atoms with E-state index in [4.69, 9.17) is 23.2 Å². The number of sulfonamides is 1. The lowest BCUT2D eigenvalue weighted by molar-refractivity contribution is 0.0734. The van der Waals surface area contributed by atoms with Gasteiger partial charge in [-0.2, -0.15) is 0 Å². The van der Waals surface area contributed by atoms with Gasteiger partial charge in [0.2, 0.25) is 0 Å². The van der Waals surface area contributed by atoms with Crippen molar-refractivity contribution in [2.75, 3.05) is 11.3 Å². The number of rotatable bonds is 4. The van der Waals surface area contributed by atoms with Crippen LogP contribution in [0.4, 0.5) is 5.69 Å². The third kappa shape index (κ3) is 4.31. The Morgan fingerprint density at radius 1 is 0.900 bits per heavy atom. The Bertz CT molecular complexity index is 1230. The predicted octanol–water partition coefficient (Wildman–Crippen LogP) is 4.99. The maximum absolute atomic E-state index is 13.0. The number of hydrogen-bond donors (Lipinski definition) is 1. The fraction of sp³-hybridized carbons (Fsp3) is 0.136. The van der Waals surface area contributed by atoms with Crippen LogP contribution < -0.4 is 4.72 Å². The average Bonchev–Trinajstić information content (AvgIpc) is 2.74. The van der Waals surface area contributed by atoms with Crippen molar-refractivity contribution in [1.29, 1.82) is 0 Å². The fourth-order valence-electron chi connectivity index (χ4n) is 3.43. The van der Waals surface area contributed by atoms with Crippen LogP contribution in [-0.2, 0) is 23.0 Å². The van der Waals surface area contributed by atoms with E-state index in [0.717, 1.165) is 12.0 Å². The topological polar surface area (TPSA) is 66.5 Å². The first kappa shape index (κ1) is 20.7. The minimum Gasteiger partial charge on any atom is -0.334 e. The van der Waals surface area contributed by atoms with Gasteiger partial charge in [-0.25, -0.2) is 8.42 Å². The normalized spacial score (nSPS) is 13.6. The largest absolute Gasteiger partial charge is 0.334 e.